The molecule has 2 aliphatic rings. The van der Waals surface area contributed by atoms with Crippen LogP contribution in [0.25, 0.3) is 0 Å². The zero-order valence-corrected chi connectivity index (χ0v) is 20.3. The molecule has 35 heavy (non-hydrogen) atoms. The van der Waals surface area contributed by atoms with Gasteiger partial charge in [0.25, 0.3) is 5.91 Å². The van der Waals surface area contributed by atoms with Crippen LogP contribution in [0.4, 0.5) is 27.4 Å². The Labute approximate surface area is 202 Å². The van der Waals surface area contributed by atoms with Crippen molar-refractivity contribution in [3.05, 3.63) is 65.2 Å². The van der Waals surface area contributed by atoms with Crippen molar-refractivity contribution in [1.29, 1.82) is 0 Å². The van der Waals surface area contributed by atoms with Crippen molar-refractivity contribution in [2.24, 2.45) is 0 Å². The van der Waals surface area contributed by atoms with E-state index in [0.29, 0.717) is 52.9 Å². The zero-order chi connectivity index (χ0) is 24.9. The van der Waals surface area contributed by atoms with Gasteiger partial charge in [0.1, 0.15) is 17.3 Å². The van der Waals surface area contributed by atoms with E-state index in [1.807, 2.05) is 6.92 Å². The fourth-order valence-corrected chi connectivity index (χ4v) is 5.73. The molecule has 5 rings (SSSR count). The first-order chi connectivity index (χ1) is 16.7. The highest BCUT2D eigenvalue weighted by Gasteiger charge is 2.33. The van der Waals surface area contributed by atoms with Crippen LogP contribution in [-0.4, -0.2) is 51.5 Å². The number of amides is 1. The highest BCUT2D eigenvalue weighted by atomic mass is 32.2. The number of ether oxygens (including phenoxy) is 1. The van der Waals surface area contributed by atoms with E-state index in [-0.39, 0.29) is 18.3 Å². The van der Waals surface area contributed by atoms with Crippen LogP contribution in [0.15, 0.2) is 42.6 Å². The molecule has 4 heterocycles. The van der Waals surface area contributed by atoms with Crippen molar-refractivity contribution >= 4 is 38.9 Å². The van der Waals surface area contributed by atoms with Crippen LogP contribution in [0.5, 0.6) is 5.75 Å². The summed E-state index contributed by atoms with van der Waals surface area (Å²) in [4.78, 5) is 25.0. The van der Waals surface area contributed by atoms with Gasteiger partial charge in [-0.05, 0) is 42.8 Å². The minimum atomic E-state index is -3.37. The largest absolute Gasteiger partial charge is 0.493 e. The lowest BCUT2D eigenvalue weighted by molar-refractivity contribution is 0.0994. The number of carbonyl (C=O) groups excluding carboxylic acids is 1. The summed E-state index contributed by atoms with van der Waals surface area (Å²) in [5.74, 6) is 0.276. The predicted molar refractivity (Wildman–Crippen MR) is 131 cm³/mol. The van der Waals surface area contributed by atoms with Crippen LogP contribution in [0.2, 0.25) is 0 Å². The van der Waals surface area contributed by atoms with E-state index in [2.05, 4.69) is 9.97 Å². The molecule has 0 atom stereocenters. The minimum Gasteiger partial charge on any atom is -0.493 e. The summed E-state index contributed by atoms with van der Waals surface area (Å²) in [5, 5.41) is 0. The highest BCUT2D eigenvalue weighted by molar-refractivity contribution is 7.92. The fourth-order valence-electron chi connectivity index (χ4n) is 4.42. The monoisotopic (exact) mass is 497 g/mol. The molecule has 9 nitrogen and oxygen atoms in total. The lowest BCUT2D eigenvalue weighted by atomic mass is 10.1. The maximum atomic E-state index is 13.9. The number of pyridine rings is 2. The van der Waals surface area contributed by atoms with Gasteiger partial charge in [-0.3, -0.25) is 9.10 Å². The molecule has 0 saturated heterocycles. The number of fused-ring (bicyclic) bond motifs is 3. The Kier molecular flexibility index (Phi) is 5.59. The Hall–Kier alpha value is -3.73. The summed E-state index contributed by atoms with van der Waals surface area (Å²) in [6.07, 6.45) is 2.12. The van der Waals surface area contributed by atoms with Crippen LogP contribution < -0.4 is 18.8 Å². The van der Waals surface area contributed by atoms with Crippen LogP contribution in [0, 0.1) is 5.95 Å². The summed E-state index contributed by atoms with van der Waals surface area (Å²) >= 11 is 0. The molecule has 0 N–H and O–H groups in total. The number of carbonyl (C=O) groups is 1. The fraction of sp³-hybridized carbons (Fsp3) is 0.292. The van der Waals surface area contributed by atoms with E-state index in [4.69, 9.17) is 4.74 Å². The minimum absolute atomic E-state index is 0.0989. The van der Waals surface area contributed by atoms with Gasteiger partial charge in [-0.1, -0.05) is 6.07 Å². The molecule has 11 heteroatoms. The van der Waals surface area contributed by atoms with Crippen LogP contribution in [-0.2, 0) is 22.2 Å². The van der Waals surface area contributed by atoms with Crippen molar-refractivity contribution < 1.29 is 22.3 Å². The highest BCUT2D eigenvalue weighted by Crippen LogP contribution is 2.39. The Morgan fingerprint density at radius 3 is 2.69 bits per heavy atom. The molecule has 0 aliphatic carbocycles. The molecular formula is C24H24FN5O4S. The van der Waals surface area contributed by atoms with E-state index in [0.717, 1.165) is 5.56 Å². The first-order valence-electron chi connectivity index (χ1n) is 11.1. The summed E-state index contributed by atoms with van der Waals surface area (Å²) in [5.41, 5.74) is 2.93. The maximum absolute atomic E-state index is 13.9. The van der Waals surface area contributed by atoms with Gasteiger partial charge in [0.2, 0.25) is 16.0 Å². The standard InChI is InChI=1S/C24H24FN5O4S/c1-4-30-22-16(24(31)28(2)19-8-9-21(25)27-23(19)30)12-15(13-26-22)10-11-34-20-7-5-6-18-17(20)14-35(32,33)29(18)3/h5-9,12-13H,4,10-11,14H2,1-3H3. The summed E-state index contributed by atoms with van der Waals surface area (Å²) in [7, 11) is -0.219. The number of sulfonamides is 1. The van der Waals surface area contributed by atoms with Gasteiger partial charge in [0, 0.05) is 38.8 Å². The molecule has 0 fully saturated rings. The van der Waals surface area contributed by atoms with E-state index in [1.165, 1.54) is 28.4 Å². The van der Waals surface area contributed by atoms with E-state index >= 15 is 0 Å². The van der Waals surface area contributed by atoms with Crippen molar-refractivity contribution in [1.82, 2.24) is 9.97 Å². The smallest absolute Gasteiger partial charge is 0.261 e. The SMILES string of the molecule is CCN1c2ncc(CCOc3cccc4c3CS(=O)(=O)N4C)cc2C(=O)N(C)c2ccc(F)nc21. The Morgan fingerprint density at radius 1 is 1.11 bits per heavy atom. The first kappa shape index (κ1) is 23.0. The van der Waals surface area contributed by atoms with Gasteiger partial charge in [-0.2, -0.15) is 9.37 Å². The summed E-state index contributed by atoms with van der Waals surface area (Å²) in [6, 6.07) is 9.80. The molecule has 182 valence electrons. The predicted octanol–water partition coefficient (Wildman–Crippen LogP) is 3.26. The van der Waals surface area contributed by atoms with Gasteiger partial charge in [-0.15, -0.1) is 0 Å². The average molecular weight is 498 g/mol. The molecule has 0 unspecified atom stereocenters. The average Bonchev–Trinajstić information content (AvgIpc) is 3.03. The third-order valence-corrected chi connectivity index (χ3v) is 7.99. The molecular weight excluding hydrogens is 473 g/mol. The van der Waals surface area contributed by atoms with Gasteiger partial charge < -0.3 is 14.5 Å². The van der Waals surface area contributed by atoms with Crippen LogP contribution in [0.1, 0.15) is 28.4 Å². The molecule has 2 aromatic heterocycles. The second kappa shape index (κ2) is 8.49. The molecule has 1 amide bonds. The van der Waals surface area contributed by atoms with E-state index in [1.54, 1.807) is 42.4 Å². The molecule has 0 bridgehead atoms. The van der Waals surface area contributed by atoms with Gasteiger partial charge >= 0.3 is 0 Å². The second-order valence-corrected chi connectivity index (χ2v) is 10.4. The number of anilines is 4. The van der Waals surface area contributed by atoms with Crippen LogP contribution >= 0.6 is 0 Å². The quantitative estimate of drug-likeness (QED) is 0.499. The number of hydrogen-bond acceptors (Lipinski definition) is 7. The Morgan fingerprint density at radius 2 is 1.91 bits per heavy atom. The van der Waals surface area contributed by atoms with Crippen molar-refractivity contribution in [3.63, 3.8) is 0 Å². The molecule has 0 spiro atoms. The summed E-state index contributed by atoms with van der Waals surface area (Å²) in [6.45, 7) is 2.61. The van der Waals surface area contributed by atoms with Crippen molar-refractivity contribution in [3.8, 4) is 5.75 Å². The normalized spacial score (nSPS) is 16.0. The molecule has 0 radical (unpaired) electrons. The number of benzene rings is 1. The lowest BCUT2D eigenvalue weighted by Gasteiger charge is -2.22. The molecule has 1 aromatic carbocycles. The van der Waals surface area contributed by atoms with E-state index < -0.39 is 16.0 Å². The lowest BCUT2D eigenvalue weighted by Crippen LogP contribution is -2.25. The van der Waals surface area contributed by atoms with Gasteiger partial charge in [0.05, 0.1) is 23.5 Å². The van der Waals surface area contributed by atoms with E-state index in [9.17, 15) is 17.6 Å². The van der Waals surface area contributed by atoms with Gasteiger partial charge in [0.15, 0.2) is 5.82 Å². The van der Waals surface area contributed by atoms with Gasteiger partial charge in [-0.25, -0.2) is 13.4 Å². The second-order valence-electron chi connectivity index (χ2n) is 8.38. The maximum Gasteiger partial charge on any atom is 0.261 e. The molecule has 0 saturated carbocycles. The summed E-state index contributed by atoms with van der Waals surface area (Å²) < 4.78 is 45.6. The number of halogens is 1. The third-order valence-electron chi connectivity index (χ3n) is 6.31. The van der Waals surface area contributed by atoms with Crippen molar-refractivity contribution in [2.45, 2.75) is 19.1 Å². The van der Waals surface area contributed by atoms with Crippen molar-refractivity contribution in [2.75, 3.05) is 41.4 Å². The zero-order valence-electron chi connectivity index (χ0n) is 19.5. The number of hydrogen-bond donors (Lipinski definition) is 0. The Bertz CT molecular complexity index is 1450. The first-order valence-corrected chi connectivity index (χ1v) is 12.7. The number of aromatic nitrogens is 2. The van der Waals surface area contributed by atoms with Crippen LogP contribution in [0.3, 0.4) is 0 Å². The third kappa shape index (κ3) is 3.85. The number of rotatable bonds is 5. The molecule has 3 aromatic rings. The Balaban J connectivity index is 1.39. The topological polar surface area (TPSA) is 95.9 Å². The number of nitrogens with zero attached hydrogens (tertiary/aromatic N) is 5. The molecule has 2 aliphatic heterocycles.